The number of rotatable bonds is 5. The van der Waals surface area contributed by atoms with Crippen LogP contribution in [0.5, 0.6) is 0 Å². The standard InChI is InChI=1S/C21H22N2O2/c1-2-11-25-20(24)13-18-21(15-7-4-3-5-8-15)22-19-12-16-9-6-10-17(16)14-23(18)19/h3-5,7-8,12,14H,2,6,9-11,13H2,1H3. The van der Waals surface area contributed by atoms with Crippen LogP contribution in [0.15, 0.2) is 42.6 Å². The molecule has 2 aromatic heterocycles. The van der Waals surface area contributed by atoms with Crippen LogP contribution in [-0.2, 0) is 28.8 Å². The van der Waals surface area contributed by atoms with E-state index in [-0.39, 0.29) is 12.4 Å². The number of ether oxygens (including phenoxy) is 1. The number of imidazole rings is 1. The van der Waals surface area contributed by atoms with Crippen molar-refractivity contribution in [3.05, 3.63) is 59.4 Å². The number of esters is 1. The molecule has 0 N–H and O–H groups in total. The molecular weight excluding hydrogens is 312 g/mol. The summed E-state index contributed by atoms with van der Waals surface area (Å²) in [5.41, 5.74) is 6.49. The lowest BCUT2D eigenvalue weighted by molar-refractivity contribution is -0.142. The molecule has 1 aliphatic carbocycles. The second-order valence-corrected chi connectivity index (χ2v) is 6.58. The summed E-state index contributed by atoms with van der Waals surface area (Å²) < 4.78 is 7.40. The van der Waals surface area contributed by atoms with Gasteiger partial charge >= 0.3 is 5.97 Å². The van der Waals surface area contributed by atoms with Crippen LogP contribution in [0, 0.1) is 0 Å². The molecule has 0 saturated heterocycles. The highest BCUT2D eigenvalue weighted by molar-refractivity contribution is 5.77. The average Bonchev–Trinajstić information content (AvgIpc) is 3.23. The Labute approximate surface area is 147 Å². The van der Waals surface area contributed by atoms with Crippen molar-refractivity contribution in [2.24, 2.45) is 0 Å². The first-order valence-electron chi connectivity index (χ1n) is 9.00. The molecule has 1 aliphatic rings. The summed E-state index contributed by atoms with van der Waals surface area (Å²) >= 11 is 0. The van der Waals surface area contributed by atoms with Crippen molar-refractivity contribution in [1.82, 2.24) is 9.38 Å². The van der Waals surface area contributed by atoms with Crippen LogP contribution in [0.25, 0.3) is 16.9 Å². The predicted octanol–water partition coefficient (Wildman–Crippen LogP) is 3.99. The average molecular weight is 334 g/mol. The van der Waals surface area contributed by atoms with E-state index in [1.54, 1.807) is 0 Å². The second kappa shape index (κ2) is 6.71. The van der Waals surface area contributed by atoms with E-state index in [4.69, 9.17) is 9.72 Å². The monoisotopic (exact) mass is 334 g/mol. The van der Waals surface area contributed by atoms with E-state index >= 15 is 0 Å². The van der Waals surface area contributed by atoms with E-state index in [1.807, 2.05) is 37.3 Å². The number of pyridine rings is 1. The number of hydrogen-bond acceptors (Lipinski definition) is 3. The Balaban J connectivity index is 1.82. The third-order valence-corrected chi connectivity index (χ3v) is 4.76. The summed E-state index contributed by atoms with van der Waals surface area (Å²) in [5.74, 6) is -0.193. The second-order valence-electron chi connectivity index (χ2n) is 6.58. The van der Waals surface area contributed by atoms with Gasteiger partial charge in [-0.05, 0) is 42.9 Å². The number of hydrogen-bond donors (Lipinski definition) is 0. The van der Waals surface area contributed by atoms with Gasteiger partial charge in [-0.1, -0.05) is 37.3 Å². The van der Waals surface area contributed by atoms with Gasteiger partial charge in [-0.3, -0.25) is 4.79 Å². The van der Waals surface area contributed by atoms with Crippen LogP contribution in [-0.4, -0.2) is 22.0 Å². The third kappa shape index (κ3) is 3.04. The van der Waals surface area contributed by atoms with Gasteiger partial charge in [0.25, 0.3) is 0 Å². The van der Waals surface area contributed by atoms with Crippen LogP contribution >= 0.6 is 0 Å². The molecule has 25 heavy (non-hydrogen) atoms. The first-order valence-corrected chi connectivity index (χ1v) is 9.00. The van der Waals surface area contributed by atoms with Gasteiger partial charge in [-0.25, -0.2) is 4.98 Å². The molecular formula is C21H22N2O2. The van der Waals surface area contributed by atoms with Crippen LogP contribution in [0.1, 0.15) is 36.6 Å². The quantitative estimate of drug-likeness (QED) is 0.663. The van der Waals surface area contributed by atoms with Crippen LogP contribution in [0.3, 0.4) is 0 Å². The number of aromatic nitrogens is 2. The summed E-state index contributed by atoms with van der Waals surface area (Å²) in [7, 11) is 0. The summed E-state index contributed by atoms with van der Waals surface area (Å²) in [6, 6.07) is 12.2. The van der Waals surface area contributed by atoms with Gasteiger partial charge in [0, 0.05) is 11.8 Å². The Kier molecular flexibility index (Phi) is 4.26. The third-order valence-electron chi connectivity index (χ3n) is 4.76. The SMILES string of the molecule is CCCOC(=O)Cc1c(-c2ccccc2)nc2cc3c(cn12)CCC3. The van der Waals surface area contributed by atoms with Gasteiger partial charge in [0.1, 0.15) is 5.65 Å². The van der Waals surface area contributed by atoms with Crippen molar-refractivity contribution in [1.29, 1.82) is 0 Å². The Hall–Kier alpha value is -2.62. The minimum Gasteiger partial charge on any atom is -0.465 e. The minimum absolute atomic E-state index is 0.193. The van der Waals surface area contributed by atoms with Crippen LogP contribution < -0.4 is 0 Å². The van der Waals surface area contributed by atoms with Crippen LogP contribution in [0.2, 0.25) is 0 Å². The van der Waals surface area contributed by atoms with E-state index < -0.39 is 0 Å². The molecule has 4 nitrogen and oxygen atoms in total. The van der Waals surface area contributed by atoms with Crippen molar-refractivity contribution in [3.8, 4) is 11.3 Å². The van der Waals surface area contributed by atoms with E-state index in [0.29, 0.717) is 6.61 Å². The maximum Gasteiger partial charge on any atom is 0.311 e. The van der Waals surface area contributed by atoms with Gasteiger partial charge < -0.3 is 9.14 Å². The number of carbonyl (C=O) groups excluding carboxylic acids is 1. The normalized spacial score (nSPS) is 13.2. The molecule has 0 aliphatic heterocycles. The van der Waals surface area contributed by atoms with Crippen LogP contribution in [0.4, 0.5) is 0 Å². The Bertz CT molecular complexity index is 913. The highest BCUT2D eigenvalue weighted by atomic mass is 16.5. The fourth-order valence-electron chi connectivity index (χ4n) is 3.55. The Morgan fingerprint density at radius 2 is 2.00 bits per heavy atom. The van der Waals surface area contributed by atoms with Gasteiger partial charge in [0.05, 0.1) is 24.4 Å². The lowest BCUT2D eigenvalue weighted by Crippen LogP contribution is -2.11. The number of fused-ring (bicyclic) bond motifs is 2. The van der Waals surface area contributed by atoms with Crippen molar-refractivity contribution >= 4 is 11.6 Å². The topological polar surface area (TPSA) is 43.6 Å². The van der Waals surface area contributed by atoms with Crippen molar-refractivity contribution < 1.29 is 9.53 Å². The lowest BCUT2D eigenvalue weighted by atomic mass is 10.1. The van der Waals surface area contributed by atoms with Gasteiger partial charge in [0.15, 0.2) is 0 Å². The maximum atomic E-state index is 12.3. The molecule has 0 fully saturated rings. The molecule has 0 bridgehead atoms. The lowest BCUT2D eigenvalue weighted by Gasteiger charge is -2.07. The zero-order valence-electron chi connectivity index (χ0n) is 14.5. The van der Waals surface area contributed by atoms with E-state index in [9.17, 15) is 4.79 Å². The first kappa shape index (κ1) is 15.9. The Morgan fingerprint density at radius 1 is 1.20 bits per heavy atom. The first-order chi connectivity index (χ1) is 12.3. The zero-order valence-corrected chi connectivity index (χ0v) is 14.5. The molecule has 3 aromatic rings. The van der Waals surface area contributed by atoms with Gasteiger partial charge in [0.2, 0.25) is 0 Å². The summed E-state index contributed by atoms with van der Waals surface area (Å²) in [6.45, 7) is 2.46. The molecule has 0 radical (unpaired) electrons. The van der Waals surface area contributed by atoms with Crippen molar-refractivity contribution in [2.75, 3.05) is 6.61 Å². The van der Waals surface area contributed by atoms with Gasteiger partial charge in [-0.15, -0.1) is 0 Å². The minimum atomic E-state index is -0.193. The maximum absolute atomic E-state index is 12.3. The number of aryl methyl sites for hydroxylation is 2. The Morgan fingerprint density at radius 3 is 2.80 bits per heavy atom. The number of benzene rings is 1. The number of nitrogens with zero attached hydrogens (tertiary/aromatic N) is 2. The molecule has 0 saturated carbocycles. The largest absolute Gasteiger partial charge is 0.465 e. The molecule has 0 amide bonds. The fourth-order valence-corrected chi connectivity index (χ4v) is 3.55. The van der Waals surface area contributed by atoms with E-state index in [2.05, 4.69) is 16.7 Å². The van der Waals surface area contributed by atoms with E-state index in [1.165, 1.54) is 17.5 Å². The molecule has 2 heterocycles. The highest BCUT2D eigenvalue weighted by Crippen LogP contribution is 2.29. The molecule has 1 aromatic carbocycles. The molecule has 4 rings (SSSR count). The van der Waals surface area contributed by atoms with Crippen molar-refractivity contribution in [3.63, 3.8) is 0 Å². The molecule has 0 atom stereocenters. The zero-order chi connectivity index (χ0) is 17.2. The summed E-state index contributed by atoms with van der Waals surface area (Å²) in [4.78, 5) is 17.1. The smallest absolute Gasteiger partial charge is 0.311 e. The van der Waals surface area contributed by atoms with Gasteiger partial charge in [-0.2, -0.15) is 0 Å². The number of carbonyl (C=O) groups is 1. The molecule has 0 unspecified atom stereocenters. The predicted molar refractivity (Wildman–Crippen MR) is 97.6 cm³/mol. The summed E-state index contributed by atoms with van der Waals surface area (Å²) in [5, 5.41) is 0. The van der Waals surface area contributed by atoms with Crippen molar-refractivity contribution in [2.45, 2.75) is 39.0 Å². The summed E-state index contributed by atoms with van der Waals surface area (Å²) in [6.07, 6.45) is 6.65. The van der Waals surface area contributed by atoms with E-state index in [0.717, 1.165) is 41.9 Å². The molecule has 4 heteroatoms. The highest BCUT2D eigenvalue weighted by Gasteiger charge is 2.20. The fraction of sp³-hybridized carbons (Fsp3) is 0.333. The molecule has 0 spiro atoms. The molecule has 128 valence electrons.